The zero-order valence-electron chi connectivity index (χ0n) is 20.9. The summed E-state index contributed by atoms with van der Waals surface area (Å²) in [6, 6.07) is 2.93. The molecule has 1 amide bonds. The number of amides is 1. The van der Waals surface area contributed by atoms with Crippen LogP contribution in [0.1, 0.15) is 69.6 Å². The number of halogens is 3. The summed E-state index contributed by atoms with van der Waals surface area (Å²) in [5.74, 6) is 0.171. The summed E-state index contributed by atoms with van der Waals surface area (Å²) in [6.07, 6.45) is 1.15. The Morgan fingerprint density at radius 3 is 2.47 bits per heavy atom. The third-order valence-corrected chi connectivity index (χ3v) is 6.53. The van der Waals surface area contributed by atoms with Crippen LogP contribution in [-0.2, 0) is 23.8 Å². The van der Waals surface area contributed by atoms with Crippen LogP contribution in [-0.4, -0.2) is 51.0 Å². The second kappa shape index (κ2) is 10.1. The molecule has 4 rings (SSSR count). The minimum absolute atomic E-state index is 0.0294. The van der Waals surface area contributed by atoms with Crippen molar-refractivity contribution in [3.63, 3.8) is 0 Å². The number of ether oxygens (including phenoxy) is 1. The van der Waals surface area contributed by atoms with Crippen LogP contribution in [0.15, 0.2) is 18.2 Å². The molecule has 7 nitrogen and oxygen atoms in total. The summed E-state index contributed by atoms with van der Waals surface area (Å²) < 4.78 is 44.8. The summed E-state index contributed by atoms with van der Waals surface area (Å²) in [5.41, 5.74) is 1.07. The number of phenols is 1. The molecule has 2 aromatic rings. The Labute approximate surface area is 209 Å². The average molecular weight is 507 g/mol. The van der Waals surface area contributed by atoms with Gasteiger partial charge in [-0.2, -0.15) is 13.2 Å². The molecule has 0 bridgehead atoms. The molecule has 1 aliphatic heterocycles. The minimum Gasteiger partial charge on any atom is -0.507 e. The van der Waals surface area contributed by atoms with Crippen molar-refractivity contribution in [3.05, 3.63) is 34.9 Å². The van der Waals surface area contributed by atoms with Crippen LogP contribution in [0.2, 0.25) is 0 Å². The third kappa shape index (κ3) is 6.02. The molecule has 0 radical (unpaired) electrons. The second-order valence-corrected chi connectivity index (χ2v) is 10.6. The number of piperidine rings is 1. The fourth-order valence-electron chi connectivity index (χ4n) is 4.85. The number of likely N-dealkylation sites (tertiary alicyclic amines) is 1. The van der Waals surface area contributed by atoms with Crippen molar-refractivity contribution >= 4 is 11.9 Å². The molecule has 1 aromatic heterocycles. The number of phenolic OH excluding ortho intramolecular Hbond substituents is 1. The van der Waals surface area contributed by atoms with Gasteiger partial charge in [-0.15, -0.1) is 10.2 Å². The SMILES string of the molecule is CC(C)(C)OC(=O)N1CCCC(Nc2nnc(-c3ccc(C(F)(F)F)cc3O)c3c2CCCCC3)C1. The normalized spacial score (nSPS) is 18.8. The third-order valence-electron chi connectivity index (χ3n) is 6.53. The lowest BCUT2D eigenvalue weighted by molar-refractivity contribution is -0.137. The Kier molecular flexibility index (Phi) is 7.33. The molecular formula is C26H33F3N4O3. The van der Waals surface area contributed by atoms with Crippen molar-refractivity contribution in [2.75, 3.05) is 18.4 Å². The number of fused-ring (bicyclic) bond motifs is 1. The van der Waals surface area contributed by atoms with Gasteiger partial charge in [0, 0.05) is 30.3 Å². The first kappa shape index (κ1) is 26.0. The van der Waals surface area contributed by atoms with Crippen molar-refractivity contribution in [2.24, 2.45) is 0 Å². The maximum Gasteiger partial charge on any atom is 0.416 e. The molecular weight excluding hydrogens is 473 g/mol. The first-order valence-corrected chi connectivity index (χ1v) is 12.5. The second-order valence-electron chi connectivity index (χ2n) is 10.6. The lowest BCUT2D eigenvalue weighted by Gasteiger charge is -2.35. The zero-order valence-corrected chi connectivity index (χ0v) is 20.9. The summed E-state index contributed by atoms with van der Waals surface area (Å²) in [6.45, 7) is 6.62. The summed E-state index contributed by atoms with van der Waals surface area (Å²) in [7, 11) is 0. The largest absolute Gasteiger partial charge is 0.507 e. The molecule has 2 aliphatic rings. The van der Waals surface area contributed by atoms with Crippen molar-refractivity contribution < 1.29 is 27.8 Å². The molecule has 10 heteroatoms. The predicted molar refractivity (Wildman–Crippen MR) is 130 cm³/mol. The number of benzene rings is 1. The van der Waals surface area contributed by atoms with E-state index in [1.807, 2.05) is 20.8 Å². The molecule has 196 valence electrons. The number of carbonyl (C=O) groups is 1. The van der Waals surface area contributed by atoms with E-state index < -0.39 is 23.1 Å². The van der Waals surface area contributed by atoms with Crippen molar-refractivity contribution in [1.82, 2.24) is 15.1 Å². The molecule has 1 aromatic carbocycles. The van der Waals surface area contributed by atoms with Gasteiger partial charge in [0.1, 0.15) is 17.0 Å². The van der Waals surface area contributed by atoms with E-state index in [2.05, 4.69) is 15.5 Å². The summed E-state index contributed by atoms with van der Waals surface area (Å²) in [4.78, 5) is 14.3. The molecule has 1 saturated heterocycles. The Bertz CT molecular complexity index is 1110. The number of carbonyl (C=O) groups excluding carboxylic acids is 1. The smallest absolute Gasteiger partial charge is 0.416 e. The molecule has 1 fully saturated rings. The molecule has 1 unspecified atom stereocenters. The number of rotatable bonds is 3. The fourth-order valence-corrected chi connectivity index (χ4v) is 4.85. The number of nitrogens with one attached hydrogen (secondary N) is 1. The first-order valence-electron chi connectivity index (χ1n) is 12.5. The number of aromatic hydroxyl groups is 1. The van der Waals surface area contributed by atoms with Crippen LogP contribution < -0.4 is 5.32 Å². The zero-order chi connectivity index (χ0) is 26.1. The number of hydrogen-bond donors (Lipinski definition) is 2. The molecule has 2 heterocycles. The number of nitrogens with zero attached hydrogens (tertiary/aromatic N) is 3. The lowest BCUT2D eigenvalue weighted by atomic mass is 9.96. The average Bonchev–Trinajstić information content (AvgIpc) is 3.05. The van der Waals surface area contributed by atoms with Gasteiger partial charge in [0.25, 0.3) is 0 Å². The summed E-state index contributed by atoms with van der Waals surface area (Å²) >= 11 is 0. The number of alkyl halides is 3. The molecule has 0 saturated carbocycles. The van der Waals surface area contributed by atoms with E-state index in [0.29, 0.717) is 31.0 Å². The van der Waals surface area contributed by atoms with Gasteiger partial charge >= 0.3 is 12.3 Å². The van der Waals surface area contributed by atoms with E-state index in [4.69, 9.17) is 4.74 Å². The van der Waals surface area contributed by atoms with Crippen molar-refractivity contribution in [2.45, 2.75) is 83.5 Å². The van der Waals surface area contributed by atoms with Crippen LogP contribution in [0, 0.1) is 0 Å². The maximum absolute atomic E-state index is 13.1. The number of anilines is 1. The fraction of sp³-hybridized carbons (Fsp3) is 0.577. The highest BCUT2D eigenvalue weighted by atomic mass is 19.4. The van der Waals surface area contributed by atoms with E-state index in [-0.39, 0.29) is 17.7 Å². The minimum atomic E-state index is -4.54. The van der Waals surface area contributed by atoms with E-state index in [0.717, 1.165) is 61.8 Å². The molecule has 2 N–H and O–H groups in total. The Morgan fingerprint density at radius 1 is 1.08 bits per heavy atom. The Hall–Kier alpha value is -3.04. The number of aromatic nitrogens is 2. The van der Waals surface area contributed by atoms with Crippen LogP contribution in [0.5, 0.6) is 5.75 Å². The van der Waals surface area contributed by atoms with Gasteiger partial charge in [-0.1, -0.05) is 6.42 Å². The van der Waals surface area contributed by atoms with Gasteiger partial charge in [-0.05, 0) is 83.1 Å². The standard InChI is InChI=1S/C26H33F3N4O3/c1-25(2,3)36-24(35)33-13-7-8-17(15-33)30-23-19-10-6-4-5-9-18(19)22(31-32-23)20-12-11-16(14-21(20)34)26(27,28)29/h11-12,14,17,34H,4-10,13,15H2,1-3H3,(H,30,32). The number of hydrogen-bond acceptors (Lipinski definition) is 6. The first-order chi connectivity index (χ1) is 16.9. The predicted octanol–water partition coefficient (Wildman–Crippen LogP) is 5.95. The maximum atomic E-state index is 13.1. The van der Waals surface area contributed by atoms with Gasteiger partial charge in [0.05, 0.1) is 5.56 Å². The van der Waals surface area contributed by atoms with Gasteiger partial charge < -0.3 is 20.1 Å². The highest BCUT2D eigenvalue weighted by Crippen LogP contribution is 2.39. The van der Waals surface area contributed by atoms with E-state index >= 15 is 0 Å². The molecule has 1 aliphatic carbocycles. The van der Waals surface area contributed by atoms with Gasteiger partial charge in [0.15, 0.2) is 5.82 Å². The monoisotopic (exact) mass is 506 g/mol. The molecule has 1 atom stereocenters. The Morgan fingerprint density at radius 2 is 1.81 bits per heavy atom. The Balaban J connectivity index is 1.61. The van der Waals surface area contributed by atoms with Gasteiger partial charge in [-0.25, -0.2) is 4.79 Å². The van der Waals surface area contributed by atoms with E-state index in [1.54, 1.807) is 4.90 Å². The quantitative estimate of drug-likeness (QED) is 0.501. The van der Waals surface area contributed by atoms with Gasteiger partial charge in [0.2, 0.25) is 0 Å². The van der Waals surface area contributed by atoms with Crippen molar-refractivity contribution in [1.29, 1.82) is 0 Å². The summed E-state index contributed by atoms with van der Waals surface area (Å²) in [5, 5.41) is 22.7. The highest BCUT2D eigenvalue weighted by Gasteiger charge is 2.32. The van der Waals surface area contributed by atoms with Gasteiger partial charge in [-0.3, -0.25) is 0 Å². The highest BCUT2D eigenvalue weighted by molar-refractivity contribution is 5.73. The molecule has 0 spiro atoms. The molecule has 36 heavy (non-hydrogen) atoms. The van der Waals surface area contributed by atoms with E-state index in [1.165, 1.54) is 6.07 Å². The van der Waals surface area contributed by atoms with Crippen LogP contribution in [0.3, 0.4) is 0 Å². The van der Waals surface area contributed by atoms with E-state index in [9.17, 15) is 23.1 Å². The van der Waals surface area contributed by atoms with Crippen LogP contribution in [0.25, 0.3) is 11.3 Å². The lowest BCUT2D eigenvalue weighted by Crippen LogP contribution is -2.47. The van der Waals surface area contributed by atoms with Crippen LogP contribution >= 0.6 is 0 Å². The topological polar surface area (TPSA) is 87.6 Å². The van der Waals surface area contributed by atoms with Crippen molar-refractivity contribution in [3.8, 4) is 17.0 Å². The van der Waals surface area contributed by atoms with Crippen LogP contribution in [0.4, 0.5) is 23.8 Å².